The van der Waals surface area contributed by atoms with Gasteiger partial charge in [0.1, 0.15) is 5.76 Å². The molecule has 3 atom stereocenters. The van der Waals surface area contributed by atoms with E-state index in [0.29, 0.717) is 34.8 Å². The number of halogens is 1. The van der Waals surface area contributed by atoms with Gasteiger partial charge in [-0.3, -0.25) is 9.69 Å². The molecule has 0 unspecified atom stereocenters. The van der Waals surface area contributed by atoms with E-state index < -0.39 is 5.63 Å². The summed E-state index contributed by atoms with van der Waals surface area (Å²) in [5, 5.41) is 0. The summed E-state index contributed by atoms with van der Waals surface area (Å²) < 4.78 is 5.18. The monoisotopic (exact) mass is 402 g/mol. The highest BCUT2D eigenvalue weighted by Gasteiger charge is 2.47. The number of fused-ring (bicyclic) bond motifs is 1. The molecule has 150 valence electrons. The predicted octanol–water partition coefficient (Wildman–Crippen LogP) is 3.36. The van der Waals surface area contributed by atoms with E-state index in [-0.39, 0.29) is 18.3 Å². The van der Waals surface area contributed by atoms with Gasteiger partial charge in [0, 0.05) is 37.7 Å². The molecule has 2 saturated heterocycles. The molecule has 2 fully saturated rings. The number of likely N-dealkylation sites (tertiary alicyclic amines) is 2. The first-order valence-electron chi connectivity index (χ1n) is 9.53. The summed E-state index contributed by atoms with van der Waals surface area (Å²) in [7, 11) is 2.18. The second kappa shape index (κ2) is 7.72. The molecule has 4 rings (SSSR count). The minimum absolute atomic E-state index is 0. The van der Waals surface area contributed by atoms with Crippen molar-refractivity contribution >= 4 is 18.3 Å². The first-order valence-corrected chi connectivity index (χ1v) is 9.53. The van der Waals surface area contributed by atoms with Crippen molar-refractivity contribution < 1.29 is 9.21 Å². The van der Waals surface area contributed by atoms with Crippen molar-refractivity contribution in [1.82, 2.24) is 9.80 Å². The molecule has 6 heteroatoms. The number of hydrogen-bond acceptors (Lipinski definition) is 4. The van der Waals surface area contributed by atoms with Gasteiger partial charge < -0.3 is 9.32 Å². The smallest absolute Gasteiger partial charge is 0.336 e. The minimum Gasteiger partial charge on any atom is -0.427 e. The van der Waals surface area contributed by atoms with E-state index in [1.807, 2.05) is 4.90 Å². The molecular weight excluding hydrogens is 376 g/mol. The van der Waals surface area contributed by atoms with E-state index in [9.17, 15) is 9.59 Å². The Morgan fingerprint density at radius 3 is 2.46 bits per heavy atom. The highest BCUT2D eigenvalue weighted by Crippen LogP contribution is 2.45. The van der Waals surface area contributed by atoms with E-state index in [0.717, 1.165) is 19.6 Å². The van der Waals surface area contributed by atoms with Crippen LogP contribution in [0.1, 0.15) is 38.9 Å². The molecule has 0 aliphatic carbocycles. The number of amides is 1. The van der Waals surface area contributed by atoms with Crippen molar-refractivity contribution in [1.29, 1.82) is 0 Å². The number of aryl methyl sites for hydroxylation is 3. The van der Waals surface area contributed by atoms with Gasteiger partial charge in [-0.05, 0) is 50.4 Å². The van der Waals surface area contributed by atoms with Crippen LogP contribution in [0.2, 0.25) is 0 Å². The average Bonchev–Trinajstić information content (AvgIpc) is 3.11. The lowest BCUT2D eigenvalue weighted by atomic mass is 9.88. The lowest BCUT2D eigenvalue weighted by Crippen LogP contribution is -2.34. The van der Waals surface area contributed by atoms with Gasteiger partial charge in [-0.2, -0.15) is 0 Å². The Morgan fingerprint density at radius 1 is 1.07 bits per heavy atom. The molecule has 0 radical (unpaired) electrons. The Labute approximate surface area is 171 Å². The second-order valence-corrected chi connectivity index (χ2v) is 8.05. The van der Waals surface area contributed by atoms with Crippen molar-refractivity contribution in [2.45, 2.75) is 26.8 Å². The van der Waals surface area contributed by atoms with E-state index in [1.54, 1.807) is 13.8 Å². The van der Waals surface area contributed by atoms with Crippen LogP contribution in [0, 0.1) is 32.6 Å². The fraction of sp³-hybridized carbons (Fsp3) is 0.455. The molecule has 0 N–H and O–H groups in total. The fourth-order valence-electron chi connectivity index (χ4n) is 5.05. The number of nitrogens with zero attached hydrogens (tertiary/aromatic N) is 2. The van der Waals surface area contributed by atoms with Crippen LogP contribution in [-0.4, -0.2) is 42.4 Å². The number of benzene rings is 1. The van der Waals surface area contributed by atoms with Crippen molar-refractivity contribution in [2.75, 3.05) is 26.7 Å². The van der Waals surface area contributed by atoms with Crippen LogP contribution in [0.15, 0.2) is 39.5 Å². The summed E-state index contributed by atoms with van der Waals surface area (Å²) in [4.78, 5) is 29.1. The van der Waals surface area contributed by atoms with E-state index in [2.05, 4.69) is 43.1 Å². The van der Waals surface area contributed by atoms with Crippen LogP contribution in [-0.2, 0) is 0 Å². The Bertz CT molecular complexity index is 929. The zero-order valence-electron chi connectivity index (χ0n) is 16.8. The predicted molar refractivity (Wildman–Crippen MR) is 111 cm³/mol. The van der Waals surface area contributed by atoms with Gasteiger partial charge >= 0.3 is 5.63 Å². The molecule has 2 aliphatic rings. The van der Waals surface area contributed by atoms with E-state index >= 15 is 0 Å². The number of rotatable bonds is 2. The summed E-state index contributed by atoms with van der Waals surface area (Å²) in [5.41, 5.74) is 3.49. The fourth-order valence-corrected chi connectivity index (χ4v) is 5.05. The maximum atomic E-state index is 13.2. The molecular formula is C22H27ClN2O3. The van der Waals surface area contributed by atoms with Crippen molar-refractivity contribution in [2.24, 2.45) is 11.8 Å². The van der Waals surface area contributed by atoms with Crippen LogP contribution in [0.25, 0.3) is 0 Å². The molecule has 2 aliphatic heterocycles. The second-order valence-electron chi connectivity index (χ2n) is 8.05. The van der Waals surface area contributed by atoms with E-state index in [4.69, 9.17) is 4.42 Å². The van der Waals surface area contributed by atoms with Gasteiger partial charge in [-0.25, -0.2) is 4.79 Å². The maximum Gasteiger partial charge on any atom is 0.336 e. The quantitative estimate of drug-likeness (QED) is 0.772. The molecule has 0 bridgehead atoms. The number of carbonyl (C=O) groups is 1. The third-order valence-corrected chi connectivity index (χ3v) is 6.24. The first kappa shape index (κ1) is 20.6. The molecule has 1 aromatic heterocycles. The Morgan fingerprint density at radius 2 is 1.79 bits per heavy atom. The molecule has 0 spiro atoms. The lowest BCUT2D eigenvalue weighted by Gasteiger charge is -2.28. The van der Waals surface area contributed by atoms with Crippen molar-refractivity contribution in [3.63, 3.8) is 0 Å². The van der Waals surface area contributed by atoms with Gasteiger partial charge in [0.25, 0.3) is 5.91 Å². The summed E-state index contributed by atoms with van der Waals surface area (Å²) in [6.45, 7) is 8.15. The molecule has 2 aromatic rings. The molecule has 1 amide bonds. The van der Waals surface area contributed by atoms with Crippen LogP contribution in [0.4, 0.5) is 0 Å². The van der Waals surface area contributed by atoms with Crippen LogP contribution in [0.5, 0.6) is 0 Å². The first-order chi connectivity index (χ1) is 12.9. The SMILES string of the molecule is Cc1ccccc1[C@H]1[C@@H]2CN(C(=O)c3c(C)cc(=O)oc3C)C[C@@H]2CN1C.Cl. The summed E-state index contributed by atoms with van der Waals surface area (Å²) in [6.07, 6.45) is 0. The third-order valence-electron chi connectivity index (χ3n) is 6.24. The zero-order valence-corrected chi connectivity index (χ0v) is 17.6. The summed E-state index contributed by atoms with van der Waals surface area (Å²) in [6, 6.07) is 10.3. The van der Waals surface area contributed by atoms with Gasteiger partial charge in [0.05, 0.1) is 5.56 Å². The van der Waals surface area contributed by atoms with Crippen LogP contribution in [0.3, 0.4) is 0 Å². The number of hydrogen-bond donors (Lipinski definition) is 0. The Hall–Kier alpha value is -2.11. The highest BCUT2D eigenvalue weighted by atomic mass is 35.5. The number of carbonyl (C=O) groups excluding carboxylic acids is 1. The van der Waals surface area contributed by atoms with Gasteiger partial charge in [-0.1, -0.05) is 24.3 Å². The average molecular weight is 403 g/mol. The van der Waals surface area contributed by atoms with Gasteiger partial charge in [-0.15, -0.1) is 12.4 Å². The van der Waals surface area contributed by atoms with Crippen molar-refractivity contribution in [3.05, 3.63) is 68.8 Å². The van der Waals surface area contributed by atoms with Crippen LogP contribution >= 0.6 is 12.4 Å². The standard InChI is InChI=1S/C22H26N2O3.ClH/c1-13-7-5-6-8-17(13)21-18-12-24(11-16(18)10-23(21)4)22(26)20-14(2)9-19(25)27-15(20)3;/h5-9,16,18,21H,10-12H2,1-4H3;1H/t16-,18+,21-;/m0./s1. The molecule has 0 saturated carbocycles. The molecule has 28 heavy (non-hydrogen) atoms. The zero-order chi connectivity index (χ0) is 19.3. The Kier molecular flexibility index (Phi) is 5.69. The van der Waals surface area contributed by atoms with Crippen LogP contribution < -0.4 is 5.63 Å². The minimum atomic E-state index is -0.402. The topological polar surface area (TPSA) is 53.8 Å². The maximum absolute atomic E-state index is 13.2. The Balaban J connectivity index is 0.00000225. The van der Waals surface area contributed by atoms with Crippen molar-refractivity contribution in [3.8, 4) is 0 Å². The lowest BCUT2D eigenvalue weighted by molar-refractivity contribution is 0.0763. The normalized spacial score (nSPS) is 24.1. The highest BCUT2D eigenvalue weighted by molar-refractivity contribution is 5.96. The van der Waals surface area contributed by atoms with Gasteiger partial charge in [0.2, 0.25) is 0 Å². The summed E-state index contributed by atoms with van der Waals surface area (Å²) >= 11 is 0. The largest absolute Gasteiger partial charge is 0.427 e. The van der Waals surface area contributed by atoms with Gasteiger partial charge in [0.15, 0.2) is 0 Å². The summed E-state index contributed by atoms with van der Waals surface area (Å²) in [5.74, 6) is 1.29. The molecule has 1 aromatic carbocycles. The third kappa shape index (κ3) is 3.38. The van der Waals surface area contributed by atoms with E-state index in [1.165, 1.54) is 17.2 Å². The molecule has 3 heterocycles. The molecule has 5 nitrogen and oxygen atoms in total.